The minimum Gasteiger partial charge on any atom is -0.394 e. The van der Waals surface area contributed by atoms with Gasteiger partial charge in [-0.2, -0.15) is 9.97 Å². The van der Waals surface area contributed by atoms with Crippen LogP contribution in [0.2, 0.25) is 0 Å². The number of hydrogen-bond acceptors (Lipinski definition) is 7. The normalized spacial score (nSPS) is 19.4. The Morgan fingerprint density at radius 2 is 2.21 bits per heavy atom. The minimum atomic E-state index is -0.0722. The Morgan fingerprint density at radius 1 is 1.43 bits per heavy atom. The van der Waals surface area contributed by atoms with E-state index in [0.717, 1.165) is 0 Å². The van der Waals surface area contributed by atoms with Crippen molar-refractivity contribution in [1.82, 2.24) is 9.97 Å². The first-order valence-electron chi connectivity index (χ1n) is 4.25. The van der Waals surface area contributed by atoms with Crippen LogP contribution in [0.5, 0.6) is 0 Å². The van der Waals surface area contributed by atoms with Gasteiger partial charge in [-0.05, 0) is 0 Å². The van der Waals surface area contributed by atoms with E-state index < -0.39 is 0 Å². The van der Waals surface area contributed by atoms with Gasteiger partial charge in [-0.25, -0.2) is 0 Å². The number of fused-ring (bicyclic) bond motifs is 1. The molecule has 7 heteroatoms. The lowest BCUT2D eigenvalue weighted by Crippen LogP contribution is -2.37. The molecule has 0 saturated heterocycles. The summed E-state index contributed by atoms with van der Waals surface area (Å²) in [4.78, 5) is 7.79. The van der Waals surface area contributed by atoms with Crippen molar-refractivity contribution in [2.24, 2.45) is 0 Å². The van der Waals surface area contributed by atoms with E-state index in [-0.39, 0.29) is 24.4 Å². The maximum atomic E-state index is 8.95. The summed E-state index contributed by atoms with van der Waals surface area (Å²) >= 11 is 0. The van der Waals surface area contributed by atoms with E-state index >= 15 is 0 Å². The van der Waals surface area contributed by atoms with Crippen molar-refractivity contribution in [3.05, 3.63) is 0 Å². The molecule has 1 aliphatic rings. The second kappa shape index (κ2) is 3.18. The molecule has 0 aromatic carbocycles. The maximum Gasteiger partial charge on any atom is 0.224 e. The van der Waals surface area contributed by atoms with Gasteiger partial charge in [0.15, 0.2) is 11.6 Å². The smallest absolute Gasteiger partial charge is 0.224 e. The van der Waals surface area contributed by atoms with Gasteiger partial charge in [0.05, 0.1) is 12.6 Å². The fraction of sp³-hybridized carbons (Fsp3) is 0.429. The maximum absolute atomic E-state index is 8.95. The number of aromatic nitrogens is 2. The number of nitrogens with two attached hydrogens (primary N) is 2. The van der Waals surface area contributed by atoms with Crippen LogP contribution in [0.4, 0.5) is 23.3 Å². The summed E-state index contributed by atoms with van der Waals surface area (Å²) in [7, 11) is 0. The number of aliphatic hydroxyl groups is 1. The molecule has 0 radical (unpaired) electrons. The third kappa shape index (κ3) is 1.37. The fourth-order valence-electron chi connectivity index (χ4n) is 1.35. The van der Waals surface area contributed by atoms with Gasteiger partial charge in [0, 0.05) is 6.54 Å². The lowest BCUT2D eigenvalue weighted by atomic mass is 10.2. The highest BCUT2D eigenvalue weighted by atomic mass is 16.3. The zero-order valence-corrected chi connectivity index (χ0v) is 7.49. The summed E-state index contributed by atoms with van der Waals surface area (Å²) in [6.45, 7) is 0.607. The van der Waals surface area contributed by atoms with Crippen molar-refractivity contribution in [3.8, 4) is 0 Å². The number of nitrogen functional groups attached to an aromatic ring is 2. The first kappa shape index (κ1) is 8.82. The van der Waals surface area contributed by atoms with Crippen LogP contribution in [-0.4, -0.2) is 34.3 Å². The van der Waals surface area contributed by atoms with Crippen molar-refractivity contribution in [2.45, 2.75) is 6.04 Å². The van der Waals surface area contributed by atoms with Crippen LogP contribution < -0.4 is 22.1 Å². The predicted octanol–water partition coefficient (Wildman–Crippen LogP) is -1.16. The number of nitrogens with zero attached hydrogens (tertiary/aromatic N) is 2. The lowest BCUT2D eigenvalue weighted by molar-refractivity contribution is 0.277. The number of anilines is 4. The Hall–Kier alpha value is -1.76. The van der Waals surface area contributed by atoms with E-state index in [1.165, 1.54) is 0 Å². The Kier molecular flexibility index (Phi) is 2.01. The molecule has 7 nitrogen and oxygen atoms in total. The molecule has 1 unspecified atom stereocenters. The number of aliphatic hydroxyl groups excluding tert-OH is 1. The highest BCUT2D eigenvalue weighted by molar-refractivity contribution is 5.78. The zero-order chi connectivity index (χ0) is 10.1. The van der Waals surface area contributed by atoms with Gasteiger partial charge in [-0.3, -0.25) is 0 Å². The van der Waals surface area contributed by atoms with Crippen molar-refractivity contribution in [2.75, 3.05) is 35.3 Å². The number of rotatable bonds is 1. The third-order valence-electron chi connectivity index (χ3n) is 2.04. The molecule has 0 fully saturated rings. The molecule has 0 bridgehead atoms. The Balaban J connectivity index is 2.37. The summed E-state index contributed by atoms with van der Waals surface area (Å²) in [5.41, 5.74) is 11.7. The molecule has 0 amide bonds. The molecule has 1 aromatic heterocycles. The van der Waals surface area contributed by atoms with Gasteiger partial charge in [-0.15, -0.1) is 0 Å². The number of hydrogen-bond donors (Lipinski definition) is 5. The molecule has 2 heterocycles. The highest BCUT2D eigenvalue weighted by Crippen LogP contribution is 2.29. The molecule has 0 saturated carbocycles. The van der Waals surface area contributed by atoms with Gasteiger partial charge >= 0.3 is 0 Å². The largest absolute Gasteiger partial charge is 0.394 e. The molecule has 0 spiro atoms. The summed E-state index contributed by atoms with van der Waals surface area (Å²) in [5.74, 6) is 1.01. The number of nitrogens with one attached hydrogen (secondary N) is 2. The second-order valence-electron chi connectivity index (χ2n) is 3.10. The third-order valence-corrected chi connectivity index (χ3v) is 2.04. The molecule has 1 aliphatic heterocycles. The first-order valence-corrected chi connectivity index (χ1v) is 4.25. The van der Waals surface area contributed by atoms with Gasteiger partial charge in [0.2, 0.25) is 5.95 Å². The van der Waals surface area contributed by atoms with E-state index in [9.17, 15) is 0 Å². The summed E-state index contributed by atoms with van der Waals surface area (Å²) < 4.78 is 0. The molecule has 1 atom stereocenters. The summed E-state index contributed by atoms with van der Waals surface area (Å²) in [6.07, 6.45) is 0. The topological polar surface area (TPSA) is 122 Å². The molecular formula is C7H12N6O. The molecule has 76 valence electrons. The van der Waals surface area contributed by atoms with Crippen LogP contribution in [0.1, 0.15) is 0 Å². The van der Waals surface area contributed by atoms with E-state index in [1.54, 1.807) is 0 Å². The molecule has 0 aliphatic carbocycles. The van der Waals surface area contributed by atoms with Gasteiger partial charge in [0.25, 0.3) is 0 Å². The van der Waals surface area contributed by atoms with E-state index in [4.69, 9.17) is 16.6 Å². The van der Waals surface area contributed by atoms with E-state index in [2.05, 4.69) is 20.6 Å². The summed E-state index contributed by atoms with van der Waals surface area (Å²) in [6, 6.07) is -0.0722. The van der Waals surface area contributed by atoms with Crippen LogP contribution >= 0.6 is 0 Å². The summed E-state index contributed by atoms with van der Waals surface area (Å²) in [5, 5.41) is 15.0. The quantitative estimate of drug-likeness (QED) is 0.384. The lowest BCUT2D eigenvalue weighted by Gasteiger charge is -2.26. The van der Waals surface area contributed by atoms with Crippen LogP contribution in [0, 0.1) is 0 Å². The Morgan fingerprint density at radius 3 is 2.93 bits per heavy atom. The molecule has 7 N–H and O–H groups in total. The van der Waals surface area contributed by atoms with Crippen molar-refractivity contribution in [3.63, 3.8) is 0 Å². The van der Waals surface area contributed by atoms with Crippen molar-refractivity contribution in [1.29, 1.82) is 0 Å². The van der Waals surface area contributed by atoms with Crippen molar-refractivity contribution < 1.29 is 5.11 Å². The highest BCUT2D eigenvalue weighted by Gasteiger charge is 2.20. The molecule has 1 aromatic rings. The van der Waals surface area contributed by atoms with Crippen molar-refractivity contribution >= 4 is 23.3 Å². The molecule has 2 rings (SSSR count). The van der Waals surface area contributed by atoms with Crippen LogP contribution in [-0.2, 0) is 0 Å². The standard InChI is InChI=1S/C7H12N6O/c8-5-4-6(13-7(9)12-5)10-1-3(2-14)11-4/h3,11,14H,1-2H2,(H5,8,9,10,12,13). The van der Waals surface area contributed by atoms with Gasteiger partial charge in [-0.1, -0.05) is 0 Å². The van der Waals surface area contributed by atoms with E-state index in [1.807, 2.05) is 0 Å². The van der Waals surface area contributed by atoms with Crippen LogP contribution in [0.3, 0.4) is 0 Å². The predicted molar refractivity (Wildman–Crippen MR) is 53.8 cm³/mol. The Labute approximate surface area is 80.5 Å². The average Bonchev–Trinajstić information content (AvgIpc) is 2.17. The Bertz CT molecular complexity index is 354. The molecular weight excluding hydrogens is 184 g/mol. The van der Waals surface area contributed by atoms with Gasteiger partial charge in [0.1, 0.15) is 5.69 Å². The first-order chi connectivity index (χ1) is 6.70. The SMILES string of the molecule is Nc1nc(N)c2c(n1)NCC(CO)N2. The van der Waals surface area contributed by atoms with Gasteiger partial charge < -0.3 is 27.2 Å². The second-order valence-corrected chi connectivity index (χ2v) is 3.10. The molecule has 14 heavy (non-hydrogen) atoms. The fourth-order valence-corrected chi connectivity index (χ4v) is 1.35. The monoisotopic (exact) mass is 196 g/mol. The average molecular weight is 196 g/mol. The zero-order valence-electron chi connectivity index (χ0n) is 7.49. The van der Waals surface area contributed by atoms with Crippen LogP contribution in [0.15, 0.2) is 0 Å². The minimum absolute atomic E-state index is 0.0241. The van der Waals surface area contributed by atoms with Crippen LogP contribution in [0.25, 0.3) is 0 Å². The van der Waals surface area contributed by atoms with E-state index in [0.29, 0.717) is 18.1 Å².